The number of halogens is 2. The zero-order valence-corrected chi connectivity index (χ0v) is 23.6. The van der Waals surface area contributed by atoms with E-state index in [9.17, 15) is 9.59 Å². The first-order chi connectivity index (χ1) is 18.2. The molecule has 0 amide bonds. The van der Waals surface area contributed by atoms with E-state index in [1.54, 1.807) is 24.5 Å². The molecule has 5 rings (SSSR count). The van der Waals surface area contributed by atoms with Crippen LogP contribution in [0.25, 0.3) is 11.8 Å². The summed E-state index contributed by atoms with van der Waals surface area (Å²) < 4.78 is 9.55. The van der Waals surface area contributed by atoms with Crippen molar-refractivity contribution in [2.75, 3.05) is 6.61 Å². The van der Waals surface area contributed by atoms with Gasteiger partial charge in [0.1, 0.15) is 0 Å². The number of esters is 1. The third-order valence-corrected chi connectivity index (χ3v) is 8.27. The van der Waals surface area contributed by atoms with E-state index in [2.05, 4.69) is 9.56 Å². The molecule has 2 aromatic heterocycles. The molecular weight excluding hydrogens is 541 g/mol. The fraction of sp³-hybridized carbons (Fsp3) is 0.207. The van der Waals surface area contributed by atoms with Gasteiger partial charge in [0.05, 0.1) is 38.5 Å². The minimum atomic E-state index is -0.628. The summed E-state index contributed by atoms with van der Waals surface area (Å²) in [6.07, 6.45) is 1.88. The van der Waals surface area contributed by atoms with Gasteiger partial charge in [-0.15, -0.1) is 0 Å². The molecule has 0 fully saturated rings. The van der Waals surface area contributed by atoms with Gasteiger partial charge in [0.25, 0.3) is 5.56 Å². The van der Waals surface area contributed by atoms with E-state index in [0.717, 1.165) is 28.2 Å². The number of rotatable bonds is 5. The molecule has 4 aromatic rings. The first-order valence-corrected chi connectivity index (χ1v) is 13.7. The van der Waals surface area contributed by atoms with Gasteiger partial charge >= 0.3 is 5.97 Å². The maximum atomic E-state index is 13.9. The lowest BCUT2D eigenvalue weighted by Gasteiger charge is -2.24. The fourth-order valence-electron chi connectivity index (χ4n) is 4.84. The Balaban J connectivity index is 1.68. The third-order valence-electron chi connectivity index (χ3n) is 6.55. The Morgan fingerprint density at radius 3 is 2.50 bits per heavy atom. The van der Waals surface area contributed by atoms with Crippen LogP contribution in [0.2, 0.25) is 10.0 Å². The first-order valence-electron chi connectivity index (χ1n) is 12.1. The Morgan fingerprint density at radius 2 is 1.82 bits per heavy atom. The molecule has 0 saturated heterocycles. The van der Waals surface area contributed by atoms with Gasteiger partial charge in [-0.05, 0) is 69.2 Å². The highest BCUT2D eigenvalue weighted by molar-refractivity contribution is 7.07. The Kier molecular flexibility index (Phi) is 7.18. The van der Waals surface area contributed by atoms with Gasteiger partial charge in [-0.1, -0.05) is 64.9 Å². The number of allylic oxidation sites excluding steroid dienone is 1. The quantitative estimate of drug-likeness (QED) is 0.299. The predicted octanol–water partition coefficient (Wildman–Crippen LogP) is 5.51. The number of fused-ring (bicyclic) bond motifs is 1. The average Bonchev–Trinajstić information content (AvgIpc) is 3.34. The molecule has 38 heavy (non-hydrogen) atoms. The number of benzene rings is 2. The van der Waals surface area contributed by atoms with Gasteiger partial charge < -0.3 is 9.30 Å². The maximum absolute atomic E-state index is 13.9. The summed E-state index contributed by atoms with van der Waals surface area (Å²) in [5.41, 5.74) is 5.24. The normalized spacial score (nSPS) is 15.4. The molecule has 1 aliphatic heterocycles. The Labute approximate surface area is 233 Å². The number of ether oxygens (including phenoxy) is 1. The van der Waals surface area contributed by atoms with Crippen LogP contribution in [-0.4, -0.2) is 21.7 Å². The van der Waals surface area contributed by atoms with E-state index in [4.69, 9.17) is 27.9 Å². The molecule has 194 valence electrons. The molecule has 0 radical (unpaired) electrons. The number of aryl methyl sites for hydroxylation is 1. The lowest BCUT2D eigenvalue weighted by molar-refractivity contribution is -0.139. The van der Waals surface area contributed by atoms with Crippen molar-refractivity contribution in [3.05, 3.63) is 118 Å². The number of thiazole rings is 1. The molecule has 6 nitrogen and oxygen atoms in total. The topological polar surface area (TPSA) is 65.6 Å². The second-order valence-electron chi connectivity index (χ2n) is 8.97. The van der Waals surface area contributed by atoms with Crippen molar-refractivity contribution in [2.24, 2.45) is 4.99 Å². The minimum Gasteiger partial charge on any atom is -0.463 e. The van der Waals surface area contributed by atoms with Crippen molar-refractivity contribution >= 4 is 46.6 Å². The molecule has 2 aromatic carbocycles. The standard InChI is InChI=1S/C29H25Cl2N3O3S/c1-5-37-28(36)25-17(3)32-29-34(26(25)19-9-7-6-8-10-19)27(35)24(38-29)14-20-13-16(2)33(18(20)4)21-11-12-22(30)23(31)15-21/h6-15,26H,5H2,1-4H3/b24-14+/t26-/m0/s1. The summed E-state index contributed by atoms with van der Waals surface area (Å²) >= 11 is 13.7. The van der Waals surface area contributed by atoms with Gasteiger partial charge in [0, 0.05) is 17.1 Å². The second-order valence-corrected chi connectivity index (χ2v) is 10.8. The summed E-state index contributed by atoms with van der Waals surface area (Å²) in [5, 5.41) is 0.963. The Morgan fingerprint density at radius 1 is 1.08 bits per heavy atom. The Hall–Kier alpha value is -3.39. The van der Waals surface area contributed by atoms with E-state index in [1.165, 1.54) is 11.3 Å². The van der Waals surface area contributed by atoms with Crippen molar-refractivity contribution in [3.63, 3.8) is 0 Å². The highest BCUT2D eigenvalue weighted by Crippen LogP contribution is 2.31. The fourth-order valence-corrected chi connectivity index (χ4v) is 6.17. The minimum absolute atomic E-state index is 0.212. The predicted molar refractivity (Wildman–Crippen MR) is 152 cm³/mol. The number of aromatic nitrogens is 2. The second kappa shape index (κ2) is 10.4. The van der Waals surface area contributed by atoms with Gasteiger partial charge in [-0.3, -0.25) is 9.36 Å². The largest absolute Gasteiger partial charge is 0.463 e. The molecular formula is C29H25Cl2N3O3S. The highest BCUT2D eigenvalue weighted by atomic mass is 35.5. The molecule has 0 spiro atoms. The van der Waals surface area contributed by atoms with Crippen LogP contribution in [0.4, 0.5) is 0 Å². The van der Waals surface area contributed by atoms with Gasteiger partial charge in [0.15, 0.2) is 4.80 Å². The maximum Gasteiger partial charge on any atom is 0.338 e. The van der Waals surface area contributed by atoms with E-state index in [-0.39, 0.29) is 12.2 Å². The summed E-state index contributed by atoms with van der Waals surface area (Å²) in [6, 6.07) is 16.4. The molecule has 0 N–H and O–H groups in total. The van der Waals surface area contributed by atoms with E-state index < -0.39 is 12.0 Å². The summed E-state index contributed by atoms with van der Waals surface area (Å²) in [4.78, 5) is 32.0. The van der Waals surface area contributed by atoms with E-state index in [0.29, 0.717) is 30.6 Å². The van der Waals surface area contributed by atoms with Crippen LogP contribution < -0.4 is 14.9 Å². The van der Waals surface area contributed by atoms with Crippen molar-refractivity contribution < 1.29 is 9.53 Å². The molecule has 1 atom stereocenters. The molecule has 1 aliphatic rings. The average molecular weight is 567 g/mol. The van der Waals surface area contributed by atoms with Crippen LogP contribution in [0.3, 0.4) is 0 Å². The van der Waals surface area contributed by atoms with E-state index >= 15 is 0 Å². The number of nitrogens with zero attached hydrogens (tertiary/aromatic N) is 3. The highest BCUT2D eigenvalue weighted by Gasteiger charge is 2.33. The van der Waals surface area contributed by atoms with Crippen LogP contribution >= 0.6 is 34.5 Å². The summed E-state index contributed by atoms with van der Waals surface area (Å²) in [5.74, 6) is -0.470. The molecule has 0 bridgehead atoms. The number of hydrogen-bond donors (Lipinski definition) is 0. The smallest absolute Gasteiger partial charge is 0.338 e. The van der Waals surface area contributed by atoms with Crippen LogP contribution in [0.5, 0.6) is 0 Å². The van der Waals surface area contributed by atoms with Crippen molar-refractivity contribution in [3.8, 4) is 5.69 Å². The third kappa shape index (κ3) is 4.55. The van der Waals surface area contributed by atoms with Crippen LogP contribution in [0.1, 0.15) is 42.4 Å². The number of carbonyl (C=O) groups is 1. The number of hydrogen-bond acceptors (Lipinski definition) is 5. The zero-order chi connectivity index (χ0) is 27.1. The van der Waals surface area contributed by atoms with Crippen LogP contribution in [0.15, 0.2) is 75.7 Å². The first kappa shape index (κ1) is 26.2. The molecule has 0 aliphatic carbocycles. The zero-order valence-electron chi connectivity index (χ0n) is 21.3. The van der Waals surface area contributed by atoms with Gasteiger partial charge in [0.2, 0.25) is 0 Å². The van der Waals surface area contributed by atoms with Crippen molar-refractivity contribution in [1.29, 1.82) is 0 Å². The van der Waals surface area contributed by atoms with Gasteiger partial charge in [-0.2, -0.15) is 0 Å². The molecule has 0 saturated carbocycles. The summed E-state index contributed by atoms with van der Waals surface area (Å²) in [7, 11) is 0. The lowest BCUT2D eigenvalue weighted by atomic mass is 9.96. The molecule has 0 unspecified atom stereocenters. The summed E-state index contributed by atoms with van der Waals surface area (Å²) in [6.45, 7) is 7.77. The van der Waals surface area contributed by atoms with Gasteiger partial charge in [-0.25, -0.2) is 9.79 Å². The van der Waals surface area contributed by atoms with Crippen LogP contribution in [-0.2, 0) is 9.53 Å². The lowest BCUT2D eigenvalue weighted by Crippen LogP contribution is -2.39. The van der Waals surface area contributed by atoms with Crippen molar-refractivity contribution in [2.45, 2.75) is 33.7 Å². The van der Waals surface area contributed by atoms with E-state index in [1.807, 2.05) is 68.5 Å². The Bertz CT molecular complexity index is 1780. The van der Waals surface area contributed by atoms with Crippen molar-refractivity contribution in [1.82, 2.24) is 9.13 Å². The molecule has 3 heterocycles. The van der Waals surface area contributed by atoms with Crippen LogP contribution in [0, 0.1) is 13.8 Å². The SMILES string of the molecule is CCOC(=O)C1=C(C)N=c2s/c(=C/c3cc(C)n(-c4ccc(Cl)c(Cl)c4)c3C)c(=O)n2[C@H]1c1ccccc1. The number of carbonyl (C=O) groups excluding carboxylic acids is 1. The molecule has 9 heteroatoms. The monoisotopic (exact) mass is 565 g/mol.